The molecule has 2 N–H and O–H groups in total. The molecule has 226 valence electrons. The van der Waals surface area contributed by atoms with Gasteiger partial charge in [0.25, 0.3) is 0 Å². The maximum Gasteiger partial charge on any atom is 0.0925 e. The van der Waals surface area contributed by atoms with Gasteiger partial charge in [0.1, 0.15) is 0 Å². The molecular weight excluding hydrogens is 510 g/mol. The van der Waals surface area contributed by atoms with Gasteiger partial charge in [-0.1, -0.05) is 106 Å². The molecule has 0 amide bonds. The summed E-state index contributed by atoms with van der Waals surface area (Å²) in [5.41, 5.74) is 6.34. The molecule has 0 spiro atoms. The SMILES string of the molecule is CCCC1CC(C2=CC=CC(C)C2)C(NC2CC=CC(C3=CC4C(CC3)c3nc[nH]c3C3CCCCC34)C2)C=C[C@@H]1C. The van der Waals surface area contributed by atoms with Crippen molar-refractivity contribution in [1.82, 2.24) is 15.3 Å². The Morgan fingerprint density at radius 3 is 2.74 bits per heavy atom. The summed E-state index contributed by atoms with van der Waals surface area (Å²) in [6.45, 7) is 7.21. The zero-order valence-electron chi connectivity index (χ0n) is 26.5. The third-order valence-electron chi connectivity index (χ3n) is 12.4. The predicted molar refractivity (Wildman–Crippen MR) is 175 cm³/mol. The van der Waals surface area contributed by atoms with E-state index in [9.17, 15) is 0 Å². The molecule has 1 aromatic rings. The van der Waals surface area contributed by atoms with Crippen LogP contribution < -0.4 is 5.32 Å². The normalized spacial score (nSPS) is 41.3. The Balaban J connectivity index is 1.09. The van der Waals surface area contributed by atoms with E-state index in [0.717, 1.165) is 18.3 Å². The van der Waals surface area contributed by atoms with E-state index in [1.807, 2.05) is 6.33 Å². The van der Waals surface area contributed by atoms with Crippen molar-refractivity contribution in [2.24, 2.45) is 41.4 Å². The van der Waals surface area contributed by atoms with Crippen molar-refractivity contribution >= 4 is 0 Å². The fraction of sp³-hybridized carbons (Fsp3) is 0.667. The Labute approximate surface area is 255 Å². The monoisotopic (exact) mass is 565 g/mol. The van der Waals surface area contributed by atoms with E-state index in [2.05, 4.69) is 79.7 Å². The zero-order chi connectivity index (χ0) is 28.6. The van der Waals surface area contributed by atoms with Crippen LogP contribution in [0.2, 0.25) is 0 Å². The number of fused-ring (bicyclic) bond motifs is 6. The summed E-state index contributed by atoms with van der Waals surface area (Å²) < 4.78 is 0. The number of nitrogens with zero attached hydrogens (tertiary/aromatic N) is 1. The minimum absolute atomic E-state index is 0.445. The number of nitrogens with one attached hydrogen (secondary N) is 2. The second kappa shape index (κ2) is 12.5. The highest BCUT2D eigenvalue weighted by Crippen LogP contribution is 2.56. The fourth-order valence-electron chi connectivity index (χ4n) is 10.2. The number of hydrogen-bond acceptors (Lipinski definition) is 2. The first-order valence-corrected chi connectivity index (χ1v) is 17.8. The first-order chi connectivity index (χ1) is 20.6. The number of allylic oxidation sites excluding steroid dienone is 7. The molecular formula is C39H55N3. The van der Waals surface area contributed by atoms with E-state index in [1.165, 1.54) is 82.0 Å². The van der Waals surface area contributed by atoms with Crippen LogP contribution in [-0.4, -0.2) is 22.1 Å². The summed E-state index contributed by atoms with van der Waals surface area (Å²) in [5.74, 6) is 6.16. The smallest absolute Gasteiger partial charge is 0.0925 e. The van der Waals surface area contributed by atoms with E-state index in [1.54, 1.807) is 11.1 Å². The molecule has 1 saturated carbocycles. The van der Waals surface area contributed by atoms with Crippen molar-refractivity contribution in [2.75, 3.05) is 0 Å². The van der Waals surface area contributed by atoms with Gasteiger partial charge in [0.15, 0.2) is 0 Å². The summed E-state index contributed by atoms with van der Waals surface area (Å²) in [7, 11) is 0. The van der Waals surface area contributed by atoms with Gasteiger partial charge in [-0.05, 0) is 92.8 Å². The largest absolute Gasteiger partial charge is 0.348 e. The summed E-state index contributed by atoms with van der Waals surface area (Å²) >= 11 is 0. The number of aromatic amines is 1. The van der Waals surface area contributed by atoms with Crippen LogP contribution in [0.1, 0.15) is 121 Å². The van der Waals surface area contributed by atoms with Gasteiger partial charge in [0, 0.05) is 29.6 Å². The van der Waals surface area contributed by atoms with Gasteiger partial charge in [0.05, 0.1) is 12.0 Å². The van der Waals surface area contributed by atoms with Gasteiger partial charge in [0.2, 0.25) is 0 Å². The number of aromatic nitrogens is 2. The Hall–Kier alpha value is -2.13. The van der Waals surface area contributed by atoms with E-state index < -0.39 is 0 Å². The quantitative estimate of drug-likeness (QED) is 0.337. The highest BCUT2D eigenvalue weighted by Gasteiger charge is 2.46. The molecule has 6 aliphatic carbocycles. The molecule has 0 saturated heterocycles. The van der Waals surface area contributed by atoms with E-state index in [-0.39, 0.29) is 0 Å². The molecule has 0 aromatic carbocycles. The molecule has 1 fully saturated rings. The number of hydrogen-bond donors (Lipinski definition) is 2. The van der Waals surface area contributed by atoms with Crippen LogP contribution in [0.4, 0.5) is 0 Å². The van der Waals surface area contributed by atoms with Crippen LogP contribution in [0.15, 0.2) is 66.1 Å². The summed E-state index contributed by atoms with van der Waals surface area (Å²) in [5, 5.41) is 4.28. The molecule has 10 unspecified atom stereocenters. The lowest BCUT2D eigenvalue weighted by molar-refractivity contribution is 0.181. The van der Waals surface area contributed by atoms with Gasteiger partial charge in [-0.15, -0.1) is 0 Å². The molecule has 0 aliphatic heterocycles. The minimum atomic E-state index is 0.445. The van der Waals surface area contributed by atoms with Crippen LogP contribution in [0.5, 0.6) is 0 Å². The van der Waals surface area contributed by atoms with Crippen molar-refractivity contribution in [3.8, 4) is 0 Å². The topological polar surface area (TPSA) is 40.7 Å². The van der Waals surface area contributed by atoms with Crippen LogP contribution in [0.25, 0.3) is 0 Å². The van der Waals surface area contributed by atoms with Crippen molar-refractivity contribution < 1.29 is 0 Å². The van der Waals surface area contributed by atoms with Crippen molar-refractivity contribution in [2.45, 2.75) is 122 Å². The average Bonchev–Trinajstić information content (AvgIpc) is 3.46. The lowest BCUT2D eigenvalue weighted by Crippen LogP contribution is -2.44. The minimum Gasteiger partial charge on any atom is -0.348 e. The van der Waals surface area contributed by atoms with Gasteiger partial charge in [-0.2, -0.15) is 0 Å². The summed E-state index contributed by atoms with van der Waals surface area (Å²) in [4.78, 5) is 8.49. The van der Waals surface area contributed by atoms with E-state index in [4.69, 9.17) is 4.98 Å². The molecule has 11 atom stereocenters. The van der Waals surface area contributed by atoms with Crippen LogP contribution in [0, 0.1) is 41.4 Å². The fourth-order valence-corrected chi connectivity index (χ4v) is 10.2. The highest BCUT2D eigenvalue weighted by molar-refractivity contribution is 5.34. The summed E-state index contributed by atoms with van der Waals surface area (Å²) in [6.07, 6.45) is 37.9. The van der Waals surface area contributed by atoms with Gasteiger partial charge >= 0.3 is 0 Å². The Morgan fingerprint density at radius 1 is 0.952 bits per heavy atom. The standard InChI is InChI=1S/C39H55N3/c1-4-9-27-22-35(30-12-7-10-25(2)20-30)37(19-16-26(27)3)42-31-13-8-11-28(21-31)29-17-18-34-36(23-29)32-14-5-6-15-33(32)38-39(34)41-24-40-38/h7-8,10-12,16,19,23-28,31-37,42H,4-6,9,13-15,17-18,20-22H2,1-3H3,(H,40,41)/t25?,26-,27?,28?,31?,32?,33?,34?,35?,36?,37?/m0/s1. The summed E-state index contributed by atoms with van der Waals surface area (Å²) in [6, 6.07) is 0.998. The van der Waals surface area contributed by atoms with E-state index in [0.29, 0.717) is 53.5 Å². The van der Waals surface area contributed by atoms with Crippen molar-refractivity contribution in [3.63, 3.8) is 0 Å². The molecule has 3 heteroatoms. The number of rotatable bonds is 6. The number of H-pyrrole nitrogens is 1. The molecule has 7 rings (SSSR count). The van der Waals surface area contributed by atoms with Gasteiger partial charge < -0.3 is 10.3 Å². The number of imidazole rings is 1. The second-order valence-electron chi connectivity index (χ2n) is 15.1. The Morgan fingerprint density at radius 2 is 1.86 bits per heavy atom. The molecule has 0 radical (unpaired) electrons. The maximum absolute atomic E-state index is 4.90. The molecule has 1 aromatic heterocycles. The third kappa shape index (κ3) is 5.60. The lowest BCUT2D eigenvalue weighted by atomic mass is 9.58. The average molecular weight is 566 g/mol. The molecule has 6 aliphatic rings. The maximum atomic E-state index is 4.90. The molecule has 1 heterocycles. The molecule has 3 nitrogen and oxygen atoms in total. The van der Waals surface area contributed by atoms with Crippen molar-refractivity contribution in [3.05, 3.63) is 77.5 Å². The second-order valence-corrected chi connectivity index (χ2v) is 15.1. The van der Waals surface area contributed by atoms with Gasteiger partial charge in [-0.25, -0.2) is 4.98 Å². The van der Waals surface area contributed by atoms with Crippen LogP contribution >= 0.6 is 0 Å². The van der Waals surface area contributed by atoms with Crippen LogP contribution in [0.3, 0.4) is 0 Å². The zero-order valence-corrected chi connectivity index (χ0v) is 26.5. The molecule has 0 bridgehead atoms. The third-order valence-corrected chi connectivity index (χ3v) is 12.4. The van der Waals surface area contributed by atoms with Crippen molar-refractivity contribution in [1.29, 1.82) is 0 Å². The first kappa shape index (κ1) is 28.6. The van der Waals surface area contributed by atoms with E-state index >= 15 is 0 Å². The Kier molecular flexibility index (Phi) is 8.50. The molecule has 42 heavy (non-hydrogen) atoms. The van der Waals surface area contributed by atoms with Gasteiger partial charge in [-0.3, -0.25) is 0 Å². The van der Waals surface area contributed by atoms with Crippen LogP contribution in [-0.2, 0) is 0 Å². The predicted octanol–water partition coefficient (Wildman–Crippen LogP) is 9.56. The first-order valence-electron chi connectivity index (χ1n) is 17.8. The highest BCUT2D eigenvalue weighted by atomic mass is 15.0. The lowest BCUT2D eigenvalue weighted by Gasteiger charge is -2.46. The Bertz CT molecular complexity index is 1240.